The Hall–Kier alpha value is -4.15. The maximum atomic E-state index is 12.2. The minimum Gasteiger partial charge on any atom is -0.512 e. The van der Waals surface area contributed by atoms with Crippen LogP contribution in [0.2, 0.25) is 0 Å². The third kappa shape index (κ3) is 8.08. The first-order chi connectivity index (χ1) is 25.9. The summed E-state index contributed by atoms with van der Waals surface area (Å²) in [6.07, 6.45) is 6.71. The molecule has 5 aromatic carbocycles. The second kappa shape index (κ2) is 17.3. The quantitative estimate of drug-likeness (QED) is 0.0643. The van der Waals surface area contributed by atoms with E-state index in [1.807, 2.05) is 59.1 Å². The van der Waals surface area contributed by atoms with Crippen LogP contribution in [0, 0.1) is 23.8 Å². The molecule has 2 aromatic heterocycles. The number of carbonyl (C=O) groups is 1. The molecule has 0 aliphatic carbocycles. The number of aliphatic hydroxyl groups is 1. The van der Waals surface area contributed by atoms with Crippen LogP contribution in [0.5, 0.6) is 0 Å². The number of thiophene rings is 1. The van der Waals surface area contributed by atoms with Crippen LogP contribution in [-0.4, -0.2) is 15.9 Å². The van der Waals surface area contributed by atoms with Gasteiger partial charge in [-0.25, -0.2) is 0 Å². The number of benzene rings is 5. The van der Waals surface area contributed by atoms with Gasteiger partial charge < -0.3 is 5.11 Å². The maximum Gasteiger partial charge on any atom is 0.164 e. The summed E-state index contributed by atoms with van der Waals surface area (Å²) in [5.41, 5.74) is 6.72. The molecule has 0 aliphatic rings. The first kappa shape index (κ1) is 42.0. The van der Waals surface area contributed by atoms with Crippen molar-refractivity contribution in [2.75, 3.05) is 0 Å². The molecule has 0 amide bonds. The first-order valence-corrected chi connectivity index (χ1v) is 20.4. The normalized spacial score (nSPS) is 12.3. The van der Waals surface area contributed by atoms with Gasteiger partial charge in [-0.1, -0.05) is 139 Å². The van der Waals surface area contributed by atoms with Crippen LogP contribution < -0.4 is 0 Å². The standard InChI is InChI=1S/C35H26NS.C15H28O2.Ir/c1-21(2)31-20-26(19-25-14-13-24-11-7-8-12-28(24)32(25)31)33-35-30(17-18-36-33)29-16-15-27(22(3)34(29)37-35)23-9-5-4-6-10-23;1-7-14(5,8-2)12(16)11-13(17)15(6,9-3)10-4;/h4-18,20-21H,1-3H3;11,16H,7-10H2,1-6H3;/q-1;;/b;12-11-;. The molecule has 0 aliphatic heterocycles. The fraction of sp³-hybridized carbons (Fsp3) is 0.320. The van der Waals surface area contributed by atoms with Crippen LogP contribution in [0.25, 0.3) is 64.1 Å². The largest absolute Gasteiger partial charge is 0.512 e. The molecule has 0 unspecified atom stereocenters. The summed E-state index contributed by atoms with van der Waals surface area (Å²) < 4.78 is 2.57. The molecule has 5 heteroatoms. The van der Waals surface area contributed by atoms with Gasteiger partial charge in [0.15, 0.2) is 5.78 Å². The average molecular weight is 925 g/mol. The molecule has 0 saturated heterocycles. The number of allylic oxidation sites excluding steroid dienone is 2. The Labute approximate surface area is 345 Å². The second-order valence-corrected chi connectivity index (χ2v) is 16.6. The van der Waals surface area contributed by atoms with Crippen LogP contribution in [0.4, 0.5) is 0 Å². The molecule has 3 nitrogen and oxygen atoms in total. The van der Waals surface area contributed by atoms with E-state index in [-0.39, 0.29) is 42.5 Å². The van der Waals surface area contributed by atoms with Crippen molar-refractivity contribution in [2.24, 2.45) is 10.8 Å². The van der Waals surface area contributed by atoms with Crippen molar-refractivity contribution < 1.29 is 30.0 Å². The van der Waals surface area contributed by atoms with Gasteiger partial charge in [0.1, 0.15) is 5.76 Å². The predicted octanol–water partition coefficient (Wildman–Crippen LogP) is 15.0. The molecule has 1 N–H and O–H groups in total. The van der Waals surface area contributed by atoms with Crippen molar-refractivity contribution in [1.29, 1.82) is 0 Å². The van der Waals surface area contributed by atoms with Crippen molar-refractivity contribution in [3.8, 4) is 22.4 Å². The summed E-state index contributed by atoms with van der Waals surface area (Å²) in [5.74, 6) is 0.674. The molecule has 7 aromatic rings. The summed E-state index contributed by atoms with van der Waals surface area (Å²) >= 11 is 1.86. The number of aromatic nitrogens is 1. The number of aryl methyl sites for hydroxylation is 1. The second-order valence-electron chi connectivity index (χ2n) is 15.6. The number of ketones is 1. The first-order valence-electron chi connectivity index (χ1n) is 19.6. The van der Waals surface area contributed by atoms with Crippen LogP contribution in [0.3, 0.4) is 0 Å². The number of rotatable bonds is 10. The van der Waals surface area contributed by atoms with Crippen molar-refractivity contribution in [1.82, 2.24) is 4.98 Å². The number of carbonyl (C=O) groups excluding carboxylic acids is 1. The van der Waals surface area contributed by atoms with Gasteiger partial charge in [0.2, 0.25) is 0 Å². The number of hydrogen-bond acceptors (Lipinski definition) is 4. The number of hydrogen-bond donors (Lipinski definition) is 1. The summed E-state index contributed by atoms with van der Waals surface area (Å²) in [7, 11) is 0. The van der Waals surface area contributed by atoms with Crippen molar-refractivity contribution in [2.45, 2.75) is 93.9 Å². The van der Waals surface area contributed by atoms with Crippen LogP contribution in [0.15, 0.2) is 109 Å². The van der Waals surface area contributed by atoms with E-state index in [2.05, 4.69) is 118 Å². The minimum atomic E-state index is -0.337. The van der Waals surface area contributed by atoms with Gasteiger partial charge in [-0.3, -0.25) is 9.78 Å². The van der Waals surface area contributed by atoms with E-state index >= 15 is 0 Å². The zero-order valence-electron chi connectivity index (χ0n) is 33.8. The Balaban J connectivity index is 0.000000276. The topological polar surface area (TPSA) is 50.2 Å². The van der Waals surface area contributed by atoms with Crippen molar-refractivity contribution in [3.05, 3.63) is 126 Å². The molecule has 0 atom stereocenters. The van der Waals surface area contributed by atoms with E-state index in [1.54, 1.807) is 0 Å². The summed E-state index contributed by atoms with van der Waals surface area (Å²) in [4.78, 5) is 17.1. The molecule has 0 bridgehead atoms. The van der Waals surface area contributed by atoms with Gasteiger partial charge in [-0.15, -0.1) is 40.5 Å². The zero-order chi connectivity index (χ0) is 38.8. The molecule has 1 radical (unpaired) electrons. The molecular formula is C50H54IrNO2S-. The number of pyridine rings is 1. The summed E-state index contributed by atoms with van der Waals surface area (Å²) in [6.45, 7) is 18.9. The van der Waals surface area contributed by atoms with Gasteiger partial charge >= 0.3 is 0 Å². The summed E-state index contributed by atoms with van der Waals surface area (Å²) in [5, 5.41) is 17.7. The van der Waals surface area contributed by atoms with E-state index in [9.17, 15) is 9.90 Å². The van der Waals surface area contributed by atoms with Gasteiger partial charge in [-0.2, -0.15) is 0 Å². The van der Waals surface area contributed by atoms with Crippen LogP contribution >= 0.6 is 11.3 Å². The van der Waals surface area contributed by atoms with Gasteiger partial charge in [0, 0.05) is 63.7 Å². The zero-order valence-corrected chi connectivity index (χ0v) is 37.0. The molecule has 7 rings (SSSR count). The molecule has 287 valence electrons. The van der Waals surface area contributed by atoms with Crippen molar-refractivity contribution in [3.63, 3.8) is 0 Å². The molecule has 0 saturated carbocycles. The molecular weight excluding hydrogens is 871 g/mol. The monoisotopic (exact) mass is 925 g/mol. The predicted molar refractivity (Wildman–Crippen MR) is 234 cm³/mol. The molecule has 2 heterocycles. The SMILES string of the molecule is CCC(C)(CC)C(=O)/C=C(\O)C(C)(CC)CC.Cc1c(-c2ccccc2)ccc2c1sc1c(-c3[c-]c4ccc5ccccc5c4c(C(C)C)c3)nccc12.[Ir]. The van der Waals surface area contributed by atoms with E-state index < -0.39 is 0 Å². The van der Waals surface area contributed by atoms with Crippen LogP contribution in [-0.2, 0) is 24.9 Å². The Morgan fingerprint density at radius 3 is 2.09 bits per heavy atom. The van der Waals surface area contributed by atoms with Crippen LogP contribution in [0.1, 0.15) is 98.1 Å². The average Bonchev–Trinajstić information content (AvgIpc) is 3.60. The summed E-state index contributed by atoms with van der Waals surface area (Å²) in [6, 6.07) is 36.6. The Kier molecular flexibility index (Phi) is 13.2. The smallest absolute Gasteiger partial charge is 0.164 e. The third-order valence-electron chi connectivity index (χ3n) is 12.2. The third-order valence-corrected chi connectivity index (χ3v) is 13.5. The Morgan fingerprint density at radius 2 is 1.44 bits per heavy atom. The Bertz CT molecular complexity index is 2490. The molecule has 55 heavy (non-hydrogen) atoms. The molecule has 0 spiro atoms. The van der Waals surface area contributed by atoms with Gasteiger partial charge in [-0.05, 0) is 77.4 Å². The fourth-order valence-corrected chi connectivity index (χ4v) is 8.69. The van der Waals surface area contributed by atoms with Gasteiger partial charge in [0.25, 0.3) is 0 Å². The van der Waals surface area contributed by atoms with E-state index in [4.69, 9.17) is 4.98 Å². The van der Waals surface area contributed by atoms with Gasteiger partial charge in [0.05, 0.1) is 0 Å². The minimum absolute atomic E-state index is 0. The number of nitrogens with zero attached hydrogens (tertiary/aromatic N) is 1. The Morgan fingerprint density at radius 1 is 0.800 bits per heavy atom. The van der Waals surface area contributed by atoms with E-state index in [0.717, 1.165) is 42.3 Å². The van der Waals surface area contributed by atoms with Crippen molar-refractivity contribution >= 4 is 58.8 Å². The number of fused-ring (bicyclic) bond motifs is 6. The fourth-order valence-electron chi connectivity index (χ4n) is 7.39. The number of aliphatic hydroxyl groups excluding tert-OH is 1. The molecule has 0 fully saturated rings. The van der Waals surface area contributed by atoms with E-state index in [1.165, 1.54) is 64.7 Å². The van der Waals surface area contributed by atoms with E-state index in [0.29, 0.717) is 5.92 Å². The maximum absolute atomic E-state index is 12.2.